The Labute approximate surface area is 83.8 Å². The maximum Gasteiger partial charge on any atom is 0.126 e. The summed E-state index contributed by atoms with van der Waals surface area (Å²) in [6, 6.07) is 5.54. The van der Waals surface area contributed by atoms with E-state index in [2.05, 4.69) is 12.6 Å². The zero-order valence-corrected chi connectivity index (χ0v) is 8.42. The molecule has 70 valence electrons. The molecular formula is C10H13NOS. The Bertz CT molecular complexity index is 310. The van der Waals surface area contributed by atoms with Crippen molar-refractivity contribution in [2.75, 3.05) is 18.6 Å². The summed E-state index contributed by atoms with van der Waals surface area (Å²) < 4.78 is 5.17. The Hall–Kier alpha value is -1.09. The summed E-state index contributed by atoms with van der Waals surface area (Å²) >= 11 is 4.08. The van der Waals surface area contributed by atoms with E-state index in [-0.39, 0.29) is 0 Å². The van der Waals surface area contributed by atoms with Gasteiger partial charge in [0.2, 0.25) is 0 Å². The average molecular weight is 195 g/mol. The Morgan fingerprint density at radius 1 is 1.54 bits per heavy atom. The molecule has 0 amide bonds. The molecule has 0 aliphatic heterocycles. The standard InChI is InChI=1S/C10H13NOS/c1-12-10-5-4-9(11)7-8(10)3-2-6-13/h2-5,7,13H,6,11H2,1H3. The van der Waals surface area contributed by atoms with Crippen LogP contribution in [0.25, 0.3) is 6.08 Å². The lowest BCUT2D eigenvalue weighted by Gasteiger charge is -2.04. The highest BCUT2D eigenvalue weighted by Gasteiger charge is 1.98. The largest absolute Gasteiger partial charge is 0.496 e. The zero-order valence-electron chi connectivity index (χ0n) is 7.53. The third-order valence-electron chi connectivity index (χ3n) is 1.66. The molecule has 0 atom stereocenters. The van der Waals surface area contributed by atoms with Gasteiger partial charge in [-0.05, 0) is 18.2 Å². The van der Waals surface area contributed by atoms with Crippen molar-refractivity contribution in [2.45, 2.75) is 0 Å². The van der Waals surface area contributed by atoms with Gasteiger partial charge >= 0.3 is 0 Å². The molecule has 13 heavy (non-hydrogen) atoms. The van der Waals surface area contributed by atoms with Crippen LogP contribution in [0.5, 0.6) is 5.75 Å². The van der Waals surface area contributed by atoms with Crippen molar-refractivity contribution < 1.29 is 4.74 Å². The van der Waals surface area contributed by atoms with Crippen LogP contribution in [0.2, 0.25) is 0 Å². The van der Waals surface area contributed by atoms with E-state index < -0.39 is 0 Å². The lowest BCUT2D eigenvalue weighted by atomic mass is 10.1. The van der Waals surface area contributed by atoms with E-state index >= 15 is 0 Å². The van der Waals surface area contributed by atoms with Gasteiger partial charge in [-0.25, -0.2) is 0 Å². The third kappa shape index (κ3) is 2.70. The van der Waals surface area contributed by atoms with E-state index in [4.69, 9.17) is 10.5 Å². The number of thiol groups is 1. The summed E-state index contributed by atoms with van der Waals surface area (Å²) in [4.78, 5) is 0. The maximum absolute atomic E-state index is 5.65. The predicted molar refractivity (Wildman–Crippen MR) is 60.3 cm³/mol. The molecule has 0 fully saturated rings. The first-order valence-electron chi connectivity index (χ1n) is 3.99. The molecule has 1 rings (SSSR count). The molecule has 0 bridgehead atoms. The minimum absolute atomic E-state index is 0.706. The fraction of sp³-hybridized carbons (Fsp3) is 0.200. The number of ether oxygens (including phenoxy) is 1. The van der Waals surface area contributed by atoms with Crippen LogP contribution in [-0.4, -0.2) is 12.9 Å². The SMILES string of the molecule is COc1ccc(N)cc1C=CCS. The minimum Gasteiger partial charge on any atom is -0.496 e. The molecule has 0 aliphatic carbocycles. The van der Waals surface area contributed by atoms with E-state index in [1.165, 1.54) is 0 Å². The highest BCUT2D eigenvalue weighted by Crippen LogP contribution is 2.22. The minimum atomic E-state index is 0.706. The van der Waals surface area contributed by atoms with Crippen molar-refractivity contribution >= 4 is 24.4 Å². The zero-order chi connectivity index (χ0) is 9.68. The molecule has 2 N–H and O–H groups in total. The first-order chi connectivity index (χ1) is 6.27. The maximum atomic E-state index is 5.65. The van der Waals surface area contributed by atoms with Crippen LogP contribution in [-0.2, 0) is 0 Å². The van der Waals surface area contributed by atoms with Crippen molar-refractivity contribution in [3.05, 3.63) is 29.8 Å². The van der Waals surface area contributed by atoms with E-state index in [9.17, 15) is 0 Å². The van der Waals surface area contributed by atoms with Gasteiger partial charge in [-0.2, -0.15) is 12.6 Å². The summed E-state index contributed by atoms with van der Waals surface area (Å²) in [5.41, 5.74) is 7.36. The highest BCUT2D eigenvalue weighted by molar-refractivity contribution is 7.80. The Kier molecular flexibility index (Phi) is 3.71. The molecule has 0 heterocycles. The quantitative estimate of drug-likeness (QED) is 0.573. The monoisotopic (exact) mass is 195 g/mol. The van der Waals surface area contributed by atoms with Crippen LogP contribution >= 0.6 is 12.6 Å². The number of nitrogen functional groups attached to an aromatic ring is 1. The molecule has 0 radical (unpaired) electrons. The number of benzene rings is 1. The van der Waals surface area contributed by atoms with Crippen LogP contribution in [0.15, 0.2) is 24.3 Å². The molecule has 1 aromatic rings. The number of hydrogen-bond acceptors (Lipinski definition) is 3. The molecule has 1 aromatic carbocycles. The van der Waals surface area contributed by atoms with Gasteiger partial charge in [-0.15, -0.1) is 0 Å². The van der Waals surface area contributed by atoms with Gasteiger partial charge in [0.25, 0.3) is 0 Å². The molecule has 3 heteroatoms. The second-order valence-electron chi connectivity index (χ2n) is 2.59. The number of nitrogens with two attached hydrogens (primary N) is 1. The number of methoxy groups -OCH3 is 1. The second-order valence-corrected chi connectivity index (χ2v) is 2.95. The average Bonchev–Trinajstić information content (AvgIpc) is 2.15. The predicted octanol–water partition coefficient (Wildman–Crippen LogP) is 2.22. The summed E-state index contributed by atoms with van der Waals surface area (Å²) in [7, 11) is 1.64. The third-order valence-corrected chi connectivity index (χ3v) is 1.87. The van der Waals surface area contributed by atoms with Crippen LogP contribution in [0.4, 0.5) is 5.69 Å². The molecule has 0 unspecified atom stereocenters. The molecule has 2 nitrogen and oxygen atoms in total. The van der Waals surface area contributed by atoms with Gasteiger partial charge in [0.1, 0.15) is 5.75 Å². The topological polar surface area (TPSA) is 35.2 Å². The second kappa shape index (κ2) is 4.82. The van der Waals surface area contributed by atoms with Crippen molar-refractivity contribution in [1.82, 2.24) is 0 Å². The number of hydrogen-bond donors (Lipinski definition) is 2. The fourth-order valence-corrected chi connectivity index (χ4v) is 1.17. The molecule has 0 aromatic heterocycles. The van der Waals surface area contributed by atoms with Gasteiger partial charge in [0, 0.05) is 17.0 Å². The van der Waals surface area contributed by atoms with Gasteiger partial charge in [0.05, 0.1) is 7.11 Å². The van der Waals surface area contributed by atoms with E-state index in [0.717, 1.165) is 17.0 Å². The van der Waals surface area contributed by atoms with Crippen LogP contribution in [0.3, 0.4) is 0 Å². The van der Waals surface area contributed by atoms with E-state index in [0.29, 0.717) is 5.75 Å². The summed E-state index contributed by atoms with van der Waals surface area (Å²) in [6.45, 7) is 0. The summed E-state index contributed by atoms with van der Waals surface area (Å²) in [6.07, 6.45) is 3.89. The summed E-state index contributed by atoms with van der Waals surface area (Å²) in [5.74, 6) is 1.53. The van der Waals surface area contributed by atoms with Crippen molar-refractivity contribution in [1.29, 1.82) is 0 Å². The molecule has 0 spiro atoms. The normalized spacial score (nSPS) is 10.6. The van der Waals surface area contributed by atoms with Gasteiger partial charge in [-0.1, -0.05) is 12.2 Å². The lowest BCUT2D eigenvalue weighted by Crippen LogP contribution is -1.90. The smallest absolute Gasteiger partial charge is 0.126 e. The summed E-state index contributed by atoms with van der Waals surface area (Å²) in [5, 5.41) is 0. The first kappa shape index (κ1) is 9.99. The Balaban J connectivity index is 3.01. The Morgan fingerprint density at radius 2 is 2.31 bits per heavy atom. The van der Waals surface area contributed by atoms with Gasteiger partial charge < -0.3 is 10.5 Å². The van der Waals surface area contributed by atoms with E-state index in [1.807, 2.05) is 30.4 Å². The molecular weight excluding hydrogens is 182 g/mol. The molecule has 0 aliphatic rings. The number of anilines is 1. The highest BCUT2D eigenvalue weighted by atomic mass is 32.1. The van der Waals surface area contributed by atoms with Crippen molar-refractivity contribution in [3.63, 3.8) is 0 Å². The van der Waals surface area contributed by atoms with Crippen LogP contribution in [0, 0.1) is 0 Å². The van der Waals surface area contributed by atoms with Crippen LogP contribution < -0.4 is 10.5 Å². The van der Waals surface area contributed by atoms with Crippen molar-refractivity contribution in [3.8, 4) is 5.75 Å². The van der Waals surface area contributed by atoms with Gasteiger partial charge in [-0.3, -0.25) is 0 Å². The first-order valence-corrected chi connectivity index (χ1v) is 4.62. The van der Waals surface area contributed by atoms with E-state index in [1.54, 1.807) is 7.11 Å². The fourth-order valence-electron chi connectivity index (χ4n) is 1.06. The van der Waals surface area contributed by atoms with Crippen LogP contribution in [0.1, 0.15) is 5.56 Å². The van der Waals surface area contributed by atoms with Crippen molar-refractivity contribution in [2.24, 2.45) is 0 Å². The Morgan fingerprint density at radius 3 is 2.92 bits per heavy atom. The molecule has 0 saturated carbocycles. The molecule has 0 saturated heterocycles. The number of rotatable bonds is 3. The lowest BCUT2D eigenvalue weighted by molar-refractivity contribution is 0.414. The van der Waals surface area contributed by atoms with Gasteiger partial charge in [0.15, 0.2) is 0 Å².